The second-order valence-corrected chi connectivity index (χ2v) is 9.47. The summed E-state index contributed by atoms with van der Waals surface area (Å²) in [6, 6.07) is 8.04. The summed E-state index contributed by atoms with van der Waals surface area (Å²) >= 11 is -1.09. The molecule has 1 amide bonds. The fourth-order valence-corrected chi connectivity index (χ4v) is 4.14. The first-order valence-corrected chi connectivity index (χ1v) is 12.4. The lowest BCUT2D eigenvalue weighted by Crippen LogP contribution is -2.32. The van der Waals surface area contributed by atoms with Crippen LogP contribution in [0.3, 0.4) is 0 Å². The van der Waals surface area contributed by atoms with E-state index in [9.17, 15) is 14.6 Å². The number of aromatic nitrogens is 4. The Kier molecular flexibility index (Phi) is 6.90. The Labute approximate surface area is 199 Å². The molecule has 1 saturated carbocycles. The molecule has 2 heterocycles. The Morgan fingerprint density at radius 3 is 2.88 bits per heavy atom. The maximum atomic E-state index is 12.0. The van der Waals surface area contributed by atoms with E-state index in [0.29, 0.717) is 47.1 Å². The standard InChI is InChI=1S/C21H25N9O3S/c1-29(8-7-23-21(31)32)17-6-5-16(9-13(17)12-34(2)33)25-19-27-18-14(10-22)11-24-30(18)20(28-19)26-15-3-4-15/h5-6,9,11,15,23H,3-4,7-8,12H2,1-2H3,(H,31,32)(H2,25,26,27,28). The van der Waals surface area contributed by atoms with Gasteiger partial charge < -0.3 is 30.5 Å². The van der Waals surface area contributed by atoms with E-state index in [1.165, 1.54) is 10.7 Å². The van der Waals surface area contributed by atoms with Gasteiger partial charge in [-0.1, -0.05) is 11.2 Å². The summed E-state index contributed by atoms with van der Waals surface area (Å²) < 4.78 is 13.5. The lowest BCUT2D eigenvalue weighted by Gasteiger charge is -2.23. The van der Waals surface area contributed by atoms with Crippen LogP contribution >= 0.6 is 0 Å². The maximum Gasteiger partial charge on any atom is 0.404 e. The van der Waals surface area contributed by atoms with Crippen LogP contribution < -0.4 is 20.9 Å². The molecular weight excluding hydrogens is 458 g/mol. The number of carbonyl (C=O) groups is 1. The molecule has 0 aliphatic heterocycles. The number of nitrogens with zero attached hydrogens (tertiary/aromatic N) is 6. The van der Waals surface area contributed by atoms with E-state index in [1.807, 2.05) is 30.1 Å². The normalized spacial score (nSPS) is 13.8. The number of carboxylic acid groups (broad SMARTS) is 1. The van der Waals surface area contributed by atoms with E-state index in [1.54, 1.807) is 6.26 Å². The van der Waals surface area contributed by atoms with Gasteiger partial charge in [0.25, 0.3) is 0 Å². The topological polar surface area (TPSA) is 167 Å². The molecule has 12 nitrogen and oxygen atoms in total. The van der Waals surface area contributed by atoms with Crippen molar-refractivity contribution in [3.63, 3.8) is 0 Å². The van der Waals surface area contributed by atoms with Crippen LogP contribution in [-0.2, 0) is 16.9 Å². The molecule has 13 heteroatoms. The lowest BCUT2D eigenvalue weighted by atomic mass is 10.1. The smallest absolute Gasteiger partial charge is 0.404 e. The number of benzene rings is 1. The van der Waals surface area contributed by atoms with Gasteiger partial charge in [-0.15, -0.1) is 0 Å². The van der Waals surface area contributed by atoms with Crippen molar-refractivity contribution in [2.45, 2.75) is 24.6 Å². The van der Waals surface area contributed by atoms with Crippen molar-refractivity contribution in [2.75, 3.05) is 41.9 Å². The minimum atomic E-state index is -1.09. The number of hydrogen-bond acceptors (Lipinski definition) is 9. The maximum absolute atomic E-state index is 12.0. The summed E-state index contributed by atoms with van der Waals surface area (Å²) in [4.78, 5) is 21.7. The summed E-state index contributed by atoms with van der Waals surface area (Å²) in [5, 5.41) is 31.3. The molecule has 1 unspecified atom stereocenters. The predicted octanol–water partition coefficient (Wildman–Crippen LogP) is 1.90. The van der Waals surface area contributed by atoms with Crippen molar-refractivity contribution in [1.29, 1.82) is 5.26 Å². The first-order chi connectivity index (χ1) is 16.3. The number of amides is 1. The molecule has 0 spiro atoms. The van der Waals surface area contributed by atoms with Crippen LogP contribution in [-0.4, -0.2) is 67.8 Å². The average Bonchev–Trinajstić information content (AvgIpc) is 3.49. The quantitative estimate of drug-likeness (QED) is 0.313. The summed E-state index contributed by atoms with van der Waals surface area (Å²) in [6.07, 6.45) is 4.12. The summed E-state index contributed by atoms with van der Waals surface area (Å²) in [6.45, 7) is 0.717. The van der Waals surface area contributed by atoms with E-state index in [2.05, 4.69) is 37.1 Å². The van der Waals surface area contributed by atoms with Crippen LogP contribution in [0.1, 0.15) is 24.0 Å². The molecular formula is C21H25N9O3S. The van der Waals surface area contributed by atoms with Crippen molar-refractivity contribution in [3.05, 3.63) is 35.5 Å². The number of fused-ring (bicyclic) bond motifs is 1. The van der Waals surface area contributed by atoms with Crippen LogP contribution in [0.2, 0.25) is 0 Å². The lowest BCUT2D eigenvalue weighted by molar-refractivity contribution is 0.195. The number of rotatable bonds is 10. The van der Waals surface area contributed by atoms with Crippen molar-refractivity contribution in [1.82, 2.24) is 24.9 Å². The molecule has 2 aromatic heterocycles. The van der Waals surface area contributed by atoms with Crippen LogP contribution in [0.25, 0.3) is 5.65 Å². The third kappa shape index (κ3) is 5.59. The molecule has 0 saturated heterocycles. The number of nitrogens with one attached hydrogen (secondary N) is 3. The minimum Gasteiger partial charge on any atom is -0.616 e. The molecule has 34 heavy (non-hydrogen) atoms. The van der Waals surface area contributed by atoms with Gasteiger partial charge in [-0.05, 0) is 31.0 Å². The van der Waals surface area contributed by atoms with Crippen LogP contribution in [0.4, 0.5) is 28.1 Å². The average molecular weight is 484 g/mol. The molecule has 0 radical (unpaired) electrons. The van der Waals surface area contributed by atoms with Gasteiger partial charge in [0, 0.05) is 43.1 Å². The third-order valence-corrected chi connectivity index (χ3v) is 5.95. The Morgan fingerprint density at radius 1 is 1.41 bits per heavy atom. The van der Waals surface area contributed by atoms with Gasteiger partial charge in [0.05, 0.1) is 12.5 Å². The molecule has 1 aliphatic rings. The summed E-state index contributed by atoms with van der Waals surface area (Å²) in [5.74, 6) is 1.15. The highest BCUT2D eigenvalue weighted by Crippen LogP contribution is 2.28. The summed E-state index contributed by atoms with van der Waals surface area (Å²) in [5.41, 5.74) is 3.13. The molecule has 1 aliphatic carbocycles. The Morgan fingerprint density at radius 2 is 2.21 bits per heavy atom. The first kappa shape index (κ1) is 23.4. The molecule has 4 rings (SSSR count). The van der Waals surface area contributed by atoms with Gasteiger partial charge in [0.2, 0.25) is 11.9 Å². The van der Waals surface area contributed by atoms with Crippen molar-refractivity contribution in [2.24, 2.45) is 0 Å². The number of hydrogen-bond donors (Lipinski definition) is 4. The Balaban J connectivity index is 1.61. The van der Waals surface area contributed by atoms with E-state index >= 15 is 0 Å². The number of likely N-dealkylation sites (N-methyl/N-ethyl adjacent to an activating group) is 1. The fraction of sp³-hybridized carbons (Fsp3) is 0.381. The van der Waals surface area contributed by atoms with Crippen LogP contribution in [0.15, 0.2) is 24.4 Å². The van der Waals surface area contributed by atoms with Crippen molar-refractivity contribution in [3.8, 4) is 6.07 Å². The second-order valence-electron chi connectivity index (χ2n) is 8.03. The zero-order valence-electron chi connectivity index (χ0n) is 18.8. The van der Waals surface area contributed by atoms with Gasteiger partial charge in [0.1, 0.15) is 17.4 Å². The molecule has 3 aromatic rings. The Hall–Kier alpha value is -3.76. The molecule has 0 bridgehead atoms. The van der Waals surface area contributed by atoms with Gasteiger partial charge in [0.15, 0.2) is 5.65 Å². The van der Waals surface area contributed by atoms with E-state index in [4.69, 9.17) is 5.11 Å². The Bertz CT molecular complexity index is 1240. The molecule has 178 valence electrons. The number of anilines is 4. The SMILES string of the molecule is CN(CCNC(=O)O)c1ccc(Nc2nc(NC3CC3)n3ncc(C#N)c3n2)cc1C[S+](C)[O-]. The van der Waals surface area contributed by atoms with E-state index in [-0.39, 0.29) is 6.54 Å². The van der Waals surface area contributed by atoms with E-state index in [0.717, 1.165) is 24.1 Å². The zero-order valence-corrected chi connectivity index (χ0v) is 19.6. The van der Waals surface area contributed by atoms with E-state index < -0.39 is 17.3 Å². The van der Waals surface area contributed by atoms with Crippen molar-refractivity contribution < 1.29 is 14.5 Å². The van der Waals surface area contributed by atoms with Crippen molar-refractivity contribution >= 4 is 46.2 Å². The molecule has 4 N–H and O–H groups in total. The minimum absolute atomic E-state index is 0.262. The predicted molar refractivity (Wildman–Crippen MR) is 129 cm³/mol. The van der Waals surface area contributed by atoms with Crippen LogP contribution in [0, 0.1) is 11.3 Å². The number of nitriles is 1. The highest BCUT2D eigenvalue weighted by molar-refractivity contribution is 7.89. The second kappa shape index (κ2) is 10.0. The van der Waals surface area contributed by atoms with Gasteiger partial charge in [-0.25, -0.2) is 4.79 Å². The van der Waals surface area contributed by atoms with Gasteiger partial charge >= 0.3 is 6.09 Å². The largest absolute Gasteiger partial charge is 0.616 e. The first-order valence-electron chi connectivity index (χ1n) is 10.6. The van der Waals surface area contributed by atoms with Crippen LogP contribution in [0.5, 0.6) is 0 Å². The highest BCUT2D eigenvalue weighted by Gasteiger charge is 2.24. The third-order valence-electron chi connectivity index (χ3n) is 5.23. The van der Waals surface area contributed by atoms with Gasteiger partial charge in [-0.3, -0.25) is 0 Å². The zero-order chi connectivity index (χ0) is 24.2. The molecule has 1 aromatic carbocycles. The fourth-order valence-electron chi connectivity index (χ4n) is 3.47. The molecule has 1 fully saturated rings. The molecule has 1 atom stereocenters. The highest BCUT2D eigenvalue weighted by atomic mass is 32.2. The van der Waals surface area contributed by atoms with Gasteiger partial charge in [-0.2, -0.15) is 24.8 Å². The monoisotopic (exact) mass is 483 g/mol. The summed E-state index contributed by atoms with van der Waals surface area (Å²) in [7, 11) is 1.85.